The molecule has 1 atom stereocenters. The van der Waals surface area contributed by atoms with Crippen LogP contribution in [0.2, 0.25) is 0 Å². The van der Waals surface area contributed by atoms with Crippen LogP contribution in [0.3, 0.4) is 0 Å². The second-order valence-electron chi connectivity index (χ2n) is 5.43. The van der Waals surface area contributed by atoms with Crippen molar-refractivity contribution in [2.75, 3.05) is 6.61 Å². The third-order valence-electron chi connectivity index (χ3n) is 3.83. The molecule has 0 aromatic heterocycles. The summed E-state index contributed by atoms with van der Waals surface area (Å²) in [7, 11) is 0. The Labute approximate surface area is 130 Å². The first-order valence-corrected chi connectivity index (χ1v) is 7.45. The molecule has 0 amide bonds. The van der Waals surface area contributed by atoms with Crippen LogP contribution in [-0.2, 0) is 4.74 Å². The Morgan fingerprint density at radius 1 is 0.909 bits per heavy atom. The largest absolute Gasteiger partial charge is 0.461 e. The monoisotopic (exact) mass is 290 g/mol. The first-order valence-electron chi connectivity index (χ1n) is 7.45. The van der Waals surface area contributed by atoms with Crippen molar-refractivity contribution in [2.45, 2.75) is 12.8 Å². The van der Waals surface area contributed by atoms with E-state index in [0.717, 1.165) is 0 Å². The van der Waals surface area contributed by atoms with Gasteiger partial charge in [0.2, 0.25) is 0 Å². The number of esters is 1. The quantitative estimate of drug-likeness (QED) is 0.645. The molecule has 2 nitrogen and oxygen atoms in total. The minimum atomic E-state index is -0.271. The number of hydrogen-bond acceptors (Lipinski definition) is 2. The predicted octanol–water partition coefficient (Wildman–Crippen LogP) is 4.80. The lowest BCUT2D eigenvalue weighted by molar-refractivity contribution is 0.0485. The van der Waals surface area contributed by atoms with E-state index in [2.05, 4.69) is 31.2 Å². The summed E-state index contributed by atoms with van der Waals surface area (Å²) in [5.74, 6) is -0.119. The molecule has 3 aromatic rings. The summed E-state index contributed by atoms with van der Waals surface area (Å²) in [6.45, 7) is 2.46. The van der Waals surface area contributed by atoms with Gasteiger partial charge in [-0.15, -0.1) is 0 Å². The molecule has 0 aliphatic heterocycles. The third-order valence-corrected chi connectivity index (χ3v) is 3.83. The van der Waals surface area contributed by atoms with Crippen molar-refractivity contribution in [3.8, 4) is 0 Å². The third kappa shape index (κ3) is 3.01. The summed E-state index contributed by atoms with van der Waals surface area (Å²) in [4.78, 5) is 12.0. The number of carbonyl (C=O) groups is 1. The van der Waals surface area contributed by atoms with Crippen molar-refractivity contribution in [2.24, 2.45) is 0 Å². The highest BCUT2D eigenvalue weighted by molar-refractivity contribution is 5.89. The van der Waals surface area contributed by atoms with Gasteiger partial charge in [-0.3, -0.25) is 0 Å². The van der Waals surface area contributed by atoms with Crippen molar-refractivity contribution < 1.29 is 9.53 Å². The molecule has 0 spiro atoms. The molecule has 3 aromatic carbocycles. The maximum Gasteiger partial charge on any atom is 0.338 e. The molecule has 22 heavy (non-hydrogen) atoms. The molecular formula is C20H18O2. The fourth-order valence-corrected chi connectivity index (χ4v) is 2.63. The van der Waals surface area contributed by atoms with Crippen LogP contribution in [0.15, 0.2) is 72.8 Å². The lowest BCUT2D eigenvalue weighted by Gasteiger charge is -2.15. The Balaban J connectivity index is 1.74. The van der Waals surface area contributed by atoms with Crippen LogP contribution in [0.1, 0.15) is 28.8 Å². The van der Waals surface area contributed by atoms with Gasteiger partial charge in [-0.25, -0.2) is 4.79 Å². The summed E-state index contributed by atoms with van der Waals surface area (Å²) in [6, 6.07) is 23.6. The van der Waals surface area contributed by atoms with Crippen LogP contribution >= 0.6 is 0 Å². The highest BCUT2D eigenvalue weighted by atomic mass is 16.5. The number of ether oxygens (including phenoxy) is 1. The van der Waals surface area contributed by atoms with E-state index < -0.39 is 0 Å². The molecule has 0 heterocycles. The zero-order valence-electron chi connectivity index (χ0n) is 12.5. The van der Waals surface area contributed by atoms with Crippen molar-refractivity contribution in [1.29, 1.82) is 0 Å². The van der Waals surface area contributed by atoms with Crippen LogP contribution in [-0.4, -0.2) is 12.6 Å². The van der Waals surface area contributed by atoms with Gasteiger partial charge in [0.15, 0.2) is 0 Å². The number of benzene rings is 3. The molecule has 2 heteroatoms. The van der Waals surface area contributed by atoms with E-state index in [0.29, 0.717) is 12.2 Å². The summed E-state index contributed by atoms with van der Waals surface area (Å²) in [6.07, 6.45) is 0. The number of carbonyl (C=O) groups excluding carboxylic acids is 1. The highest BCUT2D eigenvalue weighted by Gasteiger charge is 2.13. The molecule has 0 fully saturated rings. The number of hydrogen-bond donors (Lipinski definition) is 0. The lowest BCUT2D eigenvalue weighted by Crippen LogP contribution is -2.11. The summed E-state index contributed by atoms with van der Waals surface area (Å²) < 4.78 is 5.45. The molecule has 0 radical (unpaired) electrons. The van der Waals surface area contributed by atoms with Crippen LogP contribution in [0, 0.1) is 0 Å². The zero-order chi connectivity index (χ0) is 15.4. The van der Waals surface area contributed by atoms with E-state index in [1.807, 2.05) is 36.4 Å². The van der Waals surface area contributed by atoms with Crippen molar-refractivity contribution in [3.05, 3.63) is 83.9 Å². The molecule has 0 saturated heterocycles. The van der Waals surface area contributed by atoms with Crippen LogP contribution in [0.25, 0.3) is 10.8 Å². The van der Waals surface area contributed by atoms with Crippen LogP contribution in [0.5, 0.6) is 0 Å². The number of fused-ring (bicyclic) bond motifs is 1. The van der Waals surface area contributed by atoms with Crippen LogP contribution < -0.4 is 0 Å². The standard InChI is InChI=1S/C20H18O2/c1-15(14-22-20(21)17-9-3-2-4-10-17)18-13-7-11-16-8-5-6-12-19(16)18/h2-13,15H,14H2,1H3. The van der Waals surface area contributed by atoms with Crippen LogP contribution in [0.4, 0.5) is 0 Å². The average molecular weight is 290 g/mol. The first kappa shape index (κ1) is 14.3. The summed E-state index contributed by atoms with van der Waals surface area (Å²) in [5, 5.41) is 2.43. The topological polar surface area (TPSA) is 26.3 Å². The van der Waals surface area contributed by atoms with Gasteiger partial charge in [0.05, 0.1) is 12.2 Å². The normalized spacial score (nSPS) is 12.0. The zero-order valence-corrected chi connectivity index (χ0v) is 12.5. The van der Waals surface area contributed by atoms with Crippen molar-refractivity contribution >= 4 is 16.7 Å². The Hall–Kier alpha value is -2.61. The van der Waals surface area contributed by atoms with Crippen molar-refractivity contribution in [3.63, 3.8) is 0 Å². The van der Waals surface area contributed by atoms with Gasteiger partial charge in [-0.2, -0.15) is 0 Å². The summed E-state index contributed by atoms with van der Waals surface area (Å²) in [5.41, 5.74) is 1.80. The fraction of sp³-hybridized carbons (Fsp3) is 0.150. The molecule has 0 N–H and O–H groups in total. The van der Waals surface area contributed by atoms with E-state index in [-0.39, 0.29) is 11.9 Å². The van der Waals surface area contributed by atoms with Gasteiger partial charge < -0.3 is 4.74 Å². The SMILES string of the molecule is CC(COC(=O)c1ccccc1)c1cccc2ccccc12. The van der Waals surface area contributed by atoms with Gasteiger partial charge in [0.1, 0.15) is 0 Å². The highest BCUT2D eigenvalue weighted by Crippen LogP contribution is 2.25. The van der Waals surface area contributed by atoms with Gasteiger partial charge in [-0.1, -0.05) is 67.6 Å². The molecular weight excluding hydrogens is 272 g/mol. The van der Waals surface area contributed by atoms with Gasteiger partial charge in [-0.05, 0) is 28.5 Å². The lowest BCUT2D eigenvalue weighted by atomic mass is 9.95. The predicted molar refractivity (Wildman–Crippen MR) is 89.1 cm³/mol. The summed E-state index contributed by atoms with van der Waals surface area (Å²) >= 11 is 0. The smallest absolute Gasteiger partial charge is 0.338 e. The van der Waals surface area contributed by atoms with E-state index in [4.69, 9.17) is 4.74 Å². The minimum Gasteiger partial charge on any atom is -0.461 e. The molecule has 3 rings (SSSR count). The van der Waals surface area contributed by atoms with Gasteiger partial charge >= 0.3 is 5.97 Å². The molecule has 1 unspecified atom stereocenters. The Bertz CT molecular complexity index is 773. The van der Waals surface area contributed by atoms with Crippen molar-refractivity contribution in [1.82, 2.24) is 0 Å². The Kier molecular flexibility index (Phi) is 4.19. The van der Waals surface area contributed by atoms with Gasteiger partial charge in [0, 0.05) is 5.92 Å². The number of rotatable bonds is 4. The molecule has 110 valence electrons. The van der Waals surface area contributed by atoms with E-state index >= 15 is 0 Å². The first-order chi connectivity index (χ1) is 10.8. The molecule has 0 bridgehead atoms. The maximum absolute atomic E-state index is 12.0. The van der Waals surface area contributed by atoms with Gasteiger partial charge in [0.25, 0.3) is 0 Å². The second-order valence-corrected chi connectivity index (χ2v) is 5.43. The van der Waals surface area contributed by atoms with E-state index in [1.165, 1.54) is 16.3 Å². The molecule has 0 aliphatic carbocycles. The van der Waals surface area contributed by atoms with E-state index in [1.54, 1.807) is 12.1 Å². The Morgan fingerprint density at radius 3 is 2.41 bits per heavy atom. The fourth-order valence-electron chi connectivity index (χ4n) is 2.63. The van der Waals surface area contributed by atoms with E-state index in [9.17, 15) is 4.79 Å². The Morgan fingerprint density at radius 2 is 1.59 bits per heavy atom. The average Bonchev–Trinajstić information content (AvgIpc) is 2.59. The minimum absolute atomic E-state index is 0.152. The second kappa shape index (κ2) is 6.44. The molecule has 0 aliphatic rings. The maximum atomic E-state index is 12.0. The molecule has 0 saturated carbocycles.